The van der Waals surface area contributed by atoms with Crippen molar-refractivity contribution in [2.24, 2.45) is 0 Å². The highest BCUT2D eigenvalue weighted by Crippen LogP contribution is 2.33. The predicted octanol–water partition coefficient (Wildman–Crippen LogP) is 0.561. The molecule has 5 atom stereocenters. The lowest BCUT2D eigenvalue weighted by atomic mass is 9.97. The summed E-state index contributed by atoms with van der Waals surface area (Å²) >= 11 is 0. The monoisotopic (exact) mass is 367 g/mol. The molecule has 0 saturated carbocycles. The molecule has 0 spiro atoms. The van der Waals surface area contributed by atoms with Crippen LogP contribution >= 0.6 is 0 Å². The topological polar surface area (TPSA) is 110 Å². The van der Waals surface area contributed by atoms with E-state index in [2.05, 4.69) is 0 Å². The van der Waals surface area contributed by atoms with E-state index in [0.29, 0.717) is 0 Å². The molecule has 26 heavy (non-hydrogen) atoms. The minimum atomic E-state index is -1.18. The highest BCUT2D eigenvalue weighted by molar-refractivity contribution is 5.68. The second kappa shape index (κ2) is 8.13. The van der Waals surface area contributed by atoms with Crippen molar-refractivity contribution >= 4 is 17.9 Å². The summed E-state index contributed by atoms with van der Waals surface area (Å²) in [6, 6.07) is 4.48. The molecule has 0 radical (unpaired) electrons. The minimum Gasteiger partial charge on any atom is -0.456 e. The number of ether oxygens (including phenoxy) is 4. The number of carbonyl (C=O) groups excluding carboxylic acids is 3. The van der Waals surface area contributed by atoms with Crippen molar-refractivity contribution in [2.75, 3.05) is 0 Å². The van der Waals surface area contributed by atoms with Crippen LogP contribution in [0.5, 0.6) is 0 Å². The number of rotatable bonds is 4. The van der Waals surface area contributed by atoms with Crippen LogP contribution in [-0.4, -0.2) is 46.9 Å². The van der Waals surface area contributed by atoms with Crippen LogP contribution in [0, 0.1) is 0 Å². The first-order chi connectivity index (χ1) is 12.2. The van der Waals surface area contributed by atoms with E-state index >= 15 is 0 Å². The average molecular weight is 367 g/mol. The number of hydrogen-bond acceptors (Lipinski definition) is 8. The largest absolute Gasteiger partial charge is 0.456 e. The maximum Gasteiger partial charge on any atom is 0.303 e. The zero-order valence-electron chi connectivity index (χ0n) is 14.9. The molecule has 0 bridgehead atoms. The summed E-state index contributed by atoms with van der Waals surface area (Å²) in [7, 11) is 0. The molecule has 9 nitrogen and oxygen atoms in total. The molecule has 2 heterocycles. The van der Waals surface area contributed by atoms with Gasteiger partial charge in [0.05, 0.1) is 6.10 Å². The highest BCUT2D eigenvalue weighted by atomic mass is 16.7. The van der Waals surface area contributed by atoms with Gasteiger partial charge < -0.3 is 18.9 Å². The van der Waals surface area contributed by atoms with Gasteiger partial charge in [0, 0.05) is 33.0 Å². The fourth-order valence-electron chi connectivity index (χ4n) is 2.86. The molecule has 0 aliphatic carbocycles. The van der Waals surface area contributed by atoms with Gasteiger partial charge in [-0.05, 0) is 13.0 Å². The van der Waals surface area contributed by atoms with Crippen molar-refractivity contribution in [1.82, 2.24) is 4.57 Å². The Morgan fingerprint density at radius 3 is 2.00 bits per heavy atom. The van der Waals surface area contributed by atoms with E-state index in [9.17, 15) is 19.2 Å². The van der Waals surface area contributed by atoms with Gasteiger partial charge in [-0.3, -0.25) is 23.7 Å². The van der Waals surface area contributed by atoms with Crippen molar-refractivity contribution in [3.8, 4) is 0 Å². The molecule has 1 fully saturated rings. The Balaban J connectivity index is 2.50. The van der Waals surface area contributed by atoms with Gasteiger partial charge in [0.2, 0.25) is 0 Å². The van der Waals surface area contributed by atoms with Crippen LogP contribution in [0.4, 0.5) is 0 Å². The first-order valence-corrected chi connectivity index (χ1v) is 8.05. The van der Waals surface area contributed by atoms with Gasteiger partial charge in [-0.15, -0.1) is 0 Å². The van der Waals surface area contributed by atoms with Crippen molar-refractivity contribution < 1.29 is 33.3 Å². The van der Waals surface area contributed by atoms with Gasteiger partial charge in [-0.25, -0.2) is 0 Å². The zero-order valence-corrected chi connectivity index (χ0v) is 14.9. The van der Waals surface area contributed by atoms with Gasteiger partial charge in [0.1, 0.15) is 0 Å². The summed E-state index contributed by atoms with van der Waals surface area (Å²) in [5.41, 5.74) is -0.394. The highest BCUT2D eigenvalue weighted by Gasteiger charge is 2.51. The molecule has 9 heteroatoms. The molecule has 0 aromatic carbocycles. The summed E-state index contributed by atoms with van der Waals surface area (Å²) in [6.07, 6.45) is -3.65. The molecule has 1 saturated heterocycles. The van der Waals surface area contributed by atoms with E-state index in [0.717, 1.165) is 0 Å². The van der Waals surface area contributed by atoms with E-state index in [1.54, 1.807) is 19.1 Å². The minimum absolute atomic E-state index is 0.394. The third kappa shape index (κ3) is 4.48. The molecule has 1 aromatic rings. The molecule has 142 valence electrons. The summed E-state index contributed by atoms with van der Waals surface area (Å²) in [6.45, 7) is 5.16. The lowest BCUT2D eigenvalue weighted by molar-refractivity contribution is -0.260. The van der Waals surface area contributed by atoms with E-state index in [-0.39, 0.29) is 0 Å². The van der Waals surface area contributed by atoms with Crippen LogP contribution in [0.25, 0.3) is 0 Å². The second-order valence-corrected chi connectivity index (χ2v) is 5.90. The maximum atomic E-state index is 12.2. The standard InChI is InChI=1S/C17H21NO8/c1-9-14(24-10(2)19)15(25-11(3)20)16(26-12(4)21)17(23-9)18-8-6-5-7-13(18)22/h5-9,14-17H,1-4H3/t9-,14-,15+,16+,17+/m0/s1. The van der Waals surface area contributed by atoms with Crippen LogP contribution in [0.1, 0.15) is 33.9 Å². The lowest BCUT2D eigenvalue weighted by Crippen LogP contribution is -2.59. The molecule has 0 N–H and O–H groups in total. The average Bonchev–Trinajstić information content (AvgIpc) is 2.53. The Bertz CT molecular complexity index is 742. The number of aromatic nitrogens is 1. The third-order valence-electron chi connectivity index (χ3n) is 3.78. The van der Waals surface area contributed by atoms with Crippen molar-refractivity contribution in [1.29, 1.82) is 0 Å². The molecule has 0 unspecified atom stereocenters. The normalized spacial score (nSPS) is 28.1. The maximum absolute atomic E-state index is 12.2. The Labute approximate surface area is 149 Å². The second-order valence-electron chi connectivity index (χ2n) is 5.90. The van der Waals surface area contributed by atoms with E-state index < -0.39 is 54.1 Å². The van der Waals surface area contributed by atoms with Crippen LogP contribution in [0.3, 0.4) is 0 Å². The fraction of sp³-hybridized carbons (Fsp3) is 0.529. The Morgan fingerprint density at radius 1 is 0.923 bits per heavy atom. The molecule has 1 aliphatic rings. The third-order valence-corrected chi connectivity index (χ3v) is 3.78. The number of carbonyl (C=O) groups is 3. The number of hydrogen-bond donors (Lipinski definition) is 0. The Kier molecular flexibility index (Phi) is 6.14. The molecule has 0 amide bonds. The van der Waals surface area contributed by atoms with Crippen molar-refractivity contribution in [3.63, 3.8) is 0 Å². The summed E-state index contributed by atoms with van der Waals surface area (Å²) in [5, 5.41) is 0. The van der Waals surface area contributed by atoms with Gasteiger partial charge in [-0.1, -0.05) is 6.07 Å². The van der Waals surface area contributed by atoms with Crippen LogP contribution < -0.4 is 5.56 Å². The van der Waals surface area contributed by atoms with Gasteiger partial charge in [0.25, 0.3) is 5.56 Å². The first kappa shape index (κ1) is 19.6. The summed E-state index contributed by atoms with van der Waals surface area (Å²) < 4.78 is 22.8. The molecule has 1 aliphatic heterocycles. The summed E-state index contributed by atoms with van der Waals surface area (Å²) in [4.78, 5) is 46.8. The van der Waals surface area contributed by atoms with E-state index in [1.807, 2.05) is 0 Å². The fourth-order valence-corrected chi connectivity index (χ4v) is 2.86. The predicted molar refractivity (Wildman–Crippen MR) is 86.9 cm³/mol. The Hall–Kier alpha value is -2.68. The van der Waals surface area contributed by atoms with Crippen LogP contribution in [0.2, 0.25) is 0 Å². The molecule has 1 aromatic heterocycles. The van der Waals surface area contributed by atoms with Gasteiger partial charge in [-0.2, -0.15) is 0 Å². The van der Waals surface area contributed by atoms with Crippen molar-refractivity contribution in [2.45, 2.75) is 58.3 Å². The van der Waals surface area contributed by atoms with Crippen LogP contribution in [-0.2, 0) is 33.3 Å². The van der Waals surface area contributed by atoms with Crippen molar-refractivity contribution in [3.05, 3.63) is 34.7 Å². The molecular weight excluding hydrogens is 346 g/mol. The van der Waals surface area contributed by atoms with E-state index in [4.69, 9.17) is 18.9 Å². The molecule has 2 rings (SSSR count). The van der Waals surface area contributed by atoms with E-state index in [1.165, 1.54) is 37.6 Å². The number of pyridine rings is 1. The van der Waals surface area contributed by atoms with Gasteiger partial charge >= 0.3 is 17.9 Å². The first-order valence-electron chi connectivity index (χ1n) is 8.05. The number of esters is 3. The smallest absolute Gasteiger partial charge is 0.303 e. The molecular formula is C17H21NO8. The van der Waals surface area contributed by atoms with Crippen LogP contribution in [0.15, 0.2) is 29.2 Å². The summed E-state index contributed by atoms with van der Waals surface area (Å²) in [5.74, 6) is -1.93. The SMILES string of the molecule is CC(=O)O[C@@H]1[C@@H](OC(C)=O)[C@H](C)O[C@@H](n2ccccc2=O)[C@@H]1OC(C)=O. The Morgan fingerprint density at radius 2 is 1.46 bits per heavy atom. The lowest BCUT2D eigenvalue weighted by Gasteiger charge is -2.44. The quantitative estimate of drug-likeness (QED) is 0.561. The van der Waals surface area contributed by atoms with Gasteiger partial charge in [0.15, 0.2) is 24.5 Å². The number of nitrogens with zero attached hydrogens (tertiary/aromatic N) is 1. The zero-order chi connectivity index (χ0) is 19.4.